The second kappa shape index (κ2) is 9.17. The summed E-state index contributed by atoms with van der Waals surface area (Å²) in [5, 5.41) is -4.56. The highest BCUT2D eigenvalue weighted by molar-refractivity contribution is 14.1. The number of carbonyl (C=O) groups is 2. The molecular weight excluding hydrogens is 767 g/mol. The minimum atomic E-state index is -5.66. The van der Waals surface area contributed by atoms with Crippen molar-refractivity contribution in [3.63, 3.8) is 0 Å². The predicted octanol–water partition coefficient (Wildman–Crippen LogP) is 4.10. The highest BCUT2D eigenvalue weighted by atomic mass is 127. The minimum absolute atomic E-state index is 0.0990. The Labute approximate surface area is 212 Å². The molecule has 2 fully saturated rings. The molecule has 2 saturated carbocycles. The Morgan fingerprint density at radius 2 is 1.80 bits per heavy atom. The molecule has 0 aromatic heterocycles. The van der Waals surface area contributed by atoms with Gasteiger partial charge in [-0.1, -0.05) is 0 Å². The van der Waals surface area contributed by atoms with Crippen molar-refractivity contribution in [3.05, 3.63) is 28.4 Å². The van der Waals surface area contributed by atoms with E-state index in [4.69, 9.17) is 9.29 Å². The van der Waals surface area contributed by atoms with Gasteiger partial charge in [0, 0.05) is 10.7 Å². The molecule has 1 aromatic carbocycles. The van der Waals surface area contributed by atoms with Gasteiger partial charge in [-0.15, -0.1) is 0 Å². The average Bonchev–Trinajstić information content (AvgIpc) is 3.22. The third-order valence-electron chi connectivity index (χ3n) is 5.33. The molecule has 4 atom stereocenters. The maximum Gasteiger partial charge on any atom is 0.402 e. The number of hydrogen-bond acceptors (Lipinski definition) is 6. The summed E-state index contributed by atoms with van der Waals surface area (Å²) >= 11 is 6.34. The molecule has 0 spiro atoms. The summed E-state index contributed by atoms with van der Waals surface area (Å²) in [6.45, 7) is -1.74. The van der Waals surface area contributed by atoms with E-state index in [1.165, 1.54) is 0 Å². The van der Waals surface area contributed by atoms with E-state index in [9.17, 15) is 26.8 Å². The number of hydrogen-bond donors (Lipinski definition) is 1. The van der Waals surface area contributed by atoms with Gasteiger partial charge in [0.1, 0.15) is 6.10 Å². The summed E-state index contributed by atoms with van der Waals surface area (Å²) in [6.07, 6.45) is 0.924. The zero-order chi connectivity index (χ0) is 22.4. The fourth-order valence-corrected chi connectivity index (χ4v) is 6.48. The highest BCUT2D eigenvalue weighted by Gasteiger charge is 2.52. The van der Waals surface area contributed by atoms with Crippen LogP contribution in [0.5, 0.6) is 0 Å². The van der Waals surface area contributed by atoms with Gasteiger partial charge in [-0.2, -0.15) is 17.2 Å². The number of ether oxygens (including phenoxy) is 2. The monoisotopic (exact) mass is 782 g/mol. The summed E-state index contributed by atoms with van der Waals surface area (Å²) in [5.74, 6) is -2.34. The lowest BCUT2D eigenvalue weighted by Crippen LogP contribution is -2.37. The van der Waals surface area contributed by atoms with E-state index >= 15 is 0 Å². The van der Waals surface area contributed by atoms with Crippen LogP contribution in [-0.4, -0.2) is 42.9 Å². The van der Waals surface area contributed by atoms with Gasteiger partial charge in [0.2, 0.25) is 0 Å². The van der Waals surface area contributed by atoms with Gasteiger partial charge in [0.05, 0.1) is 11.5 Å². The second-order valence-corrected chi connectivity index (χ2v) is 12.3. The zero-order valence-corrected chi connectivity index (χ0v) is 22.3. The number of fused-ring (bicyclic) bond motifs is 2. The molecule has 0 heterocycles. The topological polar surface area (TPSA) is 107 Å². The number of benzene rings is 1. The van der Waals surface area contributed by atoms with Crippen LogP contribution in [0.2, 0.25) is 0 Å². The molecule has 7 nitrogen and oxygen atoms in total. The fourth-order valence-electron chi connectivity index (χ4n) is 3.90. The summed E-state index contributed by atoms with van der Waals surface area (Å²) in [7, 11) is -5.66. The molecule has 13 heteroatoms. The third-order valence-corrected chi connectivity index (χ3v) is 9.87. The predicted molar refractivity (Wildman–Crippen MR) is 126 cm³/mol. The summed E-state index contributed by atoms with van der Waals surface area (Å²) < 4.78 is 69.0. The van der Waals surface area contributed by atoms with Gasteiger partial charge >= 0.3 is 27.3 Å². The SMILES string of the molecule is O=C(OC1CC2CC1CC2C(=O)OCC(F)(F)S(=O)(=O)O)c1cc(I)cc(I)c1I. The maximum atomic E-state index is 13.2. The van der Waals surface area contributed by atoms with Gasteiger partial charge in [-0.3, -0.25) is 9.35 Å². The van der Waals surface area contributed by atoms with Crippen molar-refractivity contribution in [2.45, 2.75) is 30.6 Å². The van der Waals surface area contributed by atoms with Crippen molar-refractivity contribution in [1.82, 2.24) is 0 Å². The van der Waals surface area contributed by atoms with Crippen LogP contribution >= 0.6 is 67.8 Å². The smallest absolute Gasteiger partial charge is 0.402 e. The van der Waals surface area contributed by atoms with Crippen molar-refractivity contribution in [2.75, 3.05) is 6.61 Å². The van der Waals surface area contributed by atoms with Gasteiger partial charge < -0.3 is 9.47 Å². The van der Waals surface area contributed by atoms with Gasteiger partial charge in [0.25, 0.3) is 0 Å². The van der Waals surface area contributed by atoms with Crippen LogP contribution in [0.3, 0.4) is 0 Å². The van der Waals surface area contributed by atoms with Crippen molar-refractivity contribution < 1.29 is 40.8 Å². The number of carbonyl (C=O) groups excluding carboxylic acids is 2. The summed E-state index contributed by atoms with van der Waals surface area (Å²) in [4.78, 5) is 24.8. The van der Waals surface area contributed by atoms with E-state index in [0.29, 0.717) is 24.8 Å². The maximum absolute atomic E-state index is 13.2. The Morgan fingerprint density at radius 3 is 2.37 bits per heavy atom. The first kappa shape index (κ1) is 24.8. The molecular formula is C17H15F2I3O7S. The van der Waals surface area contributed by atoms with Crippen LogP contribution < -0.4 is 0 Å². The van der Waals surface area contributed by atoms with E-state index in [-0.39, 0.29) is 17.9 Å². The van der Waals surface area contributed by atoms with E-state index in [0.717, 1.165) is 10.7 Å². The first-order valence-corrected chi connectivity index (χ1v) is 13.3. The van der Waals surface area contributed by atoms with E-state index in [2.05, 4.69) is 72.5 Å². The average molecular weight is 782 g/mol. The molecule has 4 unspecified atom stereocenters. The van der Waals surface area contributed by atoms with Gasteiger partial charge in [0.15, 0.2) is 6.61 Å². The van der Waals surface area contributed by atoms with Gasteiger partial charge in [-0.05, 0) is 111 Å². The largest absolute Gasteiger partial charge is 0.458 e. The highest BCUT2D eigenvalue weighted by Crippen LogP contribution is 2.50. The minimum Gasteiger partial charge on any atom is -0.458 e. The molecule has 1 N–H and O–H groups in total. The third kappa shape index (κ3) is 5.19. The van der Waals surface area contributed by atoms with E-state index in [1.54, 1.807) is 6.07 Å². The lowest BCUT2D eigenvalue weighted by atomic mass is 9.87. The van der Waals surface area contributed by atoms with Gasteiger partial charge in [-0.25, -0.2) is 4.79 Å². The van der Waals surface area contributed by atoms with Crippen LogP contribution in [-0.2, 0) is 24.4 Å². The molecule has 3 rings (SSSR count). The summed E-state index contributed by atoms with van der Waals surface area (Å²) in [5.41, 5.74) is 0.470. The van der Waals surface area contributed by atoms with Crippen molar-refractivity contribution in [2.24, 2.45) is 17.8 Å². The number of rotatable bonds is 6. The first-order valence-electron chi connectivity index (χ1n) is 8.67. The molecule has 2 bridgehead atoms. The lowest BCUT2D eigenvalue weighted by molar-refractivity contribution is -0.157. The Bertz CT molecular complexity index is 986. The molecule has 0 aliphatic heterocycles. The number of halogens is 5. The standard InChI is InChI=1S/C17H15F2I3O7S/c18-17(19,30(25,26)27)6-28-15(23)10-2-8-1-7(10)3-13(8)29-16(24)11-4-9(20)5-12(21)14(11)22/h4-5,7-8,10,13H,1-3,6H2,(H,25,26,27). The molecule has 2 aliphatic rings. The Hall–Kier alpha value is 0.120. The van der Waals surface area contributed by atoms with Crippen LogP contribution in [0.4, 0.5) is 8.78 Å². The van der Waals surface area contributed by atoms with Crippen molar-refractivity contribution in [1.29, 1.82) is 0 Å². The number of alkyl halides is 2. The van der Waals surface area contributed by atoms with Crippen LogP contribution in [0.1, 0.15) is 29.6 Å². The molecule has 1 aromatic rings. The second-order valence-electron chi connectivity index (χ2n) is 7.25. The van der Waals surface area contributed by atoms with Crippen LogP contribution in [0.25, 0.3) is 0 Å². The fraction of sp³-hybridized carbons (Fsp3) is 0.529. The molecule has 30 heavy (non-hydrogen) atoms. The Morgan fingerprint density at radius 1 is 1.13 bits per heavy atom. The van der Waals surface area contributed by atoms with Crippen molar-refractivity contribution >= 4 is 89.8 Å². The van der Waals surface area contributed by atoms with Crippen molar-refractivity contribution in [3.8, 4) is 0 Å². The quantitative estimate of drug-likeness (QED) is 0.201. The lowest BCUT2D eigenvalue weighted by Gasteiger charge is -2.27. The summed E-state index contributed by atoms with van der Waals surface area (Å²) in [6, 6.07) is 3.69. The normalized spacial score (nSPS) is 25.9. The molecule has 0 radical (unpaired) electrons. The molecule has 0 amide bonds. The van der Waals surface area contributed by atoms with E-state index in [1.807, 2.05) is 6.07 Å². The first-order chi connectivity index (χ1) is 13.8. The Balaban J connectivity index is 1.58. The van der Waals surface area contributed by atoms with Crippen LogP contribution in [0.15, 0.2) is 12.1 Å². The molecule has 2 aliphatic carbocycles. The zero-order valence-electron chi connectivity index (χ0n) is 15.0. The molecule has 0 saturated heterocycles. The number of esters is 2. The Kier molecular flexibility index (Phi) is 7.56. The van der Waals surface area contributed by atoms with Crippen LogP contribution in [0, 0.1) is 28.5 Å². The van der Waals surface area contributed by atoms with E-state index < -0.39 is 39.8 Å². The molecule has 166 valence electrons.